The Morgan fingerprint density at radius 2 is 1.42 bits per heavy atom. The van der Waals surface area contributed by atoms with E-state index in [0.717, 1.165) is 17.7 Å². The third-order valence-corrected chi connectivity index (χ3v) is 4.03. The summed E-state index contributed by atoms with van der Waals surface area (Å²) in [5, 5.41) is 2.74. The summed E-state index contributed by atoms with van der Waals surface area (Å²) in [4.78, 5) is 28.5. The van der Waals surface area contributed by atoms with Gasteiger partial charge in [0.1, 0.15) is 0 Å². The van der Waals surface area contributed by atoms with Gasteiger partial charge < -0.3 is 15.1 Å². The normalized spacial score (nSPS) is 10.6. The van der Waals surface area contributed by atoms with Crippen LogP contribution in [0, 0.1) is 0 Å². The highest BCUT2D eigenvalue weighted by Gasteiger charge is 2.15. The number of nitrogens with one attached hydrogen (secondary N) is 1. The largest absolute Gasteiger partial charge is 0.347 e. The fourth-order valence-electron chi connectivity index (χ4n) is 2.55. The molecular formula is C21H27N3O2. The molecule has 0 aliphatic heterocycles. The molecule has 0 heterocycles. The molecule has 1 N–H and O–H groups in total. The topological polar surface area (TPSA) is 52.6 Å². The van der Waals surface area contributed by atoms with Crippen molar-refractivity contribution in [3.05, 3.63) is 71.8 Å². The molecule has 26 heavy (non-hydrogen) atoms. The van der Waals surface area contributed by atoms with Gasteiger partial charge in [-0.15, -0.1) is 0 Å². The summed E-state index contributed by atoms with van der Waals surface area (Å²) in [6.45, 7) is 1.96. The predicted molar refractivity (Wildman–Crippen MR) is 104 cm³/mol. The monoisotopic (exact) mass is 353 g/mol. The van der Waals surface area contributed by atoms with Gasteiger partial charge in [0.15, 0.2) is 0 Å². The van der Waals surface area contributed by atoms with Crippen molar-refractivity contribution in [1.82, 2.24) is 15.1 Å². The molecule has 0 fully saturated rings. The Balaban J connectivity index is 1.89. The molecule has 2 rings (SSSR count). The number of nitrogens with zero attached hydrogens (tertiary/aromatic N) is 2. The average Bonchev–Trinajstić information content (AvgIpc) is 2.64. The van der Waals surface area contributed by atoms with E-state index in [0.29, 0.717) is 13.1 Å². The van der Waals surface area contributed by atoms with Crippen LogP contribution in [0.5, 0.6) is 0 Å². The number of carbonyl (C=O) groups excluding carboxylic acids is 2. The van der Waals surface area contributed by atoms with Gasteiger partial charge >= 0.3 is 0 Å². The molecule has 2 aromatic rings. The maximum absolute atomic E-state index is 12.6. The highest BCUT2D eigenvalue weighted by atomic mass is 16.2. The zero-order chi connectivity index (χ0) is 18.8. The van der Waals surface area contributed by atoms with E-state index in [-0.39, 0.29) is 24.8 Å². The van der Waals surface area contributed by atoms with Gasteiger partial charge in [-0.05, 0) is 25.2 Å². The van der Waals surface area contributed by atoms with Crippen molar-refractivity contribution >= 4 is 11.8 Å². The van der Waals surface area contributed by atoms with Gasteiger partial charge in [-0.3, -0.25) is 9.59 Å². The van der Waals surface area contributed by atoms with Crippen LogP contribution in [0.1, 0.15) is 11.1 Å². The van der Waals surface area contributed by atoms with Gasteiger partial charge in [0.05, 0.1) is 13.0 Å². The van der Waals surface area contributed by atoms with Crippen molar-refractivity contribution in [1.29, 1.82) is 0 Å². The molecule has 0 aliphatic carbocycles. The molecule has 2 aromatic carbocycles. The average molecular weight is 353 g/mol. The quantitative estimate of drug-likeness (QED) is 0.750. The van der Waals surface area contributed by atoms with Crippen molar-refractivity contribution < 1.29 is 9.59 Å². The predicted octanol–water partition coefficient (Wildman–Crippen LogP) is 1.94. The summed E-state index contributed by atoms with van der Waals surface area (Å²) < 4.78 is 0. The van der Waals surface area contributed by atoms with E-state index < -0.39 is 0 Å². The molecule has 0 aromatic heterocycles. The Kier molecular flexibility index (Phi) is 7.83. The first-order valence-electron chi connectivity index (χ1n) is 8.81. The maximum Gasteiger partial charge on any atom is 0.242 e. The van der Waals surface area contributed by atoms with Gasteiger partial charge in [-0.2, -0.15) is 0 Å². The second-order valence-corrected chi connectivity index (χ2v) is 6.54. The van der Waals surface area contributed by atoms with Crippen molar-refractivity contribution in [3.63, 3.8) is 0 Å². The summed E-state index contributed by atoms with van der Waals surface area (Å²) in [5.41, 5.74) is 2.02. The first kappa shape index (κ1) is 19.7. The standard InChI is InChI=1S/C21H27N3O2/c1-23(2)13-14-24(17-19-11-7-4-8-12-19)21(26)16-22-20(25)15-18-9-5-3-6-10-18/h3-12H,13-17H2,1-2H3,(H,22,25). The Morgan fingerprint density at radius 1 is 0.846 bits per heavy atom. The van der Waals surface area contributed by atoms with Crippen molar-refractivity contribution in [2.45, 2.75) is 13.0 Å². The Morgan fingerprint density at radius 3 is 2.00 bits per heavy atom. The summed E-state index contributed by atoms with van der Waals surface area (Å²) in [7, 11) is 3.96. The molecule has 0 unspecified atom stereocenters. The molecule has 0 saturated heterocycles. The summed E-state index contributed by atoms with van der Waals surface area (Å²) in [5.74, 6) is -0.214. The second kappa shape index (κ2) is 10.4. The van der Waals surface area contributed by atoms with Crippen LogP contribution in [-0.4, -0.2) is 55.3 Å². The lowest BCUT2D eigenvalue weighted by Gasteiger charge is -2.25. The minimum absolute atomic E-state index is 0.0198. The van der Waals surface area contributed by atoms with E-state index in [1.54, 1.807) is 4.90 Å². The van der Waals surface area contributed by atoms with Crippen LogP contribution in [0.2, 0.25) is 0 Å². The number of carbonyl (C=O) groups is 2. The van der Waals surface area contributed by atoms with Gasteiger partial charge in [-0.1, -0.05) is 60.7 Å². The first-order chi connectivity index (χ1) is 12.5. The second-order valence-electron chi connectivity index (χ2n) is 6.54. The van der Waals surface area contributed by atoms with Crippen molar-refractivity contribution in [2.24, 2.45) is 0 Å². The highest BCUT2D eigenvalue weighted by Crippen LogP contribution is 2.05. The molecule has 0 aliphatic rings. The number of rotatable bonds is 9. The molecule has 5 nitrogen and oxygen atoms in total. The molecule has 2 amide bonds. The van der Waals surface area contributed by atoms with Crippen molar-refractivity contribution in [2.75, 3.05) is 33.7 Å². The van der Waals surface area contributed by atoms with E-state index in [1.165, 1.54) is 0 Å². The number of amides is 2. The zero-order valence-corrected chi connectivity index (χ0v) is 15.5. The molecule has 0 bridgehead atoms. The molecule has 0 atom stereocenters. The number of benzene rings is 2. The number of hydrogen-bond acceptors (Lipinski definition) is 3. The summed E-state index contributed by atoms with van der Waals surface area (Å²) in [6.07, 6.45) is 0.282. The zero-order valence-electron chi connectivity index (χ0n) is 15.5. The van der Waals surface area contributed by atoms with E-state index in [4.69, 9.17) is 0 Å². The van der Waals surface area contributed by atoms with Gasteiger partial charge in [0, 0.05) is 19.6 Å². The minimum Gasteiger partial charge on any atom is -0.347 e. The van der Waals surface area contributed by atoms with E-state index in [9.17, 15) is 9.59 Å². The summed E-state index contributed by atoms with van der Waals surface area (Å²) in [6, 6.07) is 19.4. The third-order valence-electron chi connectivity index (χ3n) is 4.03. The van der Waals surface area contributed by atoms with Crippen LogP contribution in [0.3, 0.4) is 0 Å². The lowest BCUT2D eigenvalue weighted by Crippen LogP contribution is -2.42. The molecule has 5 heteroatoms. The highest BCUT2D eigenvalue weighted by molar-refractivity contribution is 5.85. The minimum atomic E-state index is -0.142. The molecule has 0 spiro atoms. The van der Waals surface area contributed by atoms with E-state index in [2.05, 4.69) is 5.32 Å². The lowest BCUT2D eigenvalue weighted by atomic mass is 10.1. The van der Waals surface area contributed by atoms with Gasteiger partial charge in [0.2, 0.25) is 11.8 Å². The van der Waals surface area contributed by atoms with E-state index >= 15 is 0 Å². The summed E-state index contributed by atoms with van der Waals surface area (Å²) >= 11 is 0. The van der Waals surface area contributed by atoms with Crippen LogP contribution in [-0.2, 0) is 22.6 Å². The first-order valence-corrected chi connectivity index (χ1v) is 8.81. The fraction of sp³-hybridized carbons (Fsp3) is 0.333. The molecule has 0 radical (unpaired) electrons. The maximum atomic E-state index is 12.6. The Labute approximate surface area is 155 Å². The van der Waals surface area contributed by atoms with Crippen molar-refractivity contribution in [3.8, 4) is 0 Å². The Hall–Kier alpha value is -2.66. The van der Waals surface area contributed by atoms with Gasteiger partial charge in [0.25, 0.3) is 0 Å². The third kappa shape index (κ3) is 7.07. The number of hydrogen-bond donors (Lipinski definition) is 1. The van der Waals surface area contributed by atoms with E-state index in [1.807, 2.05) is 79.7 Å². The SMILES string of the molecule is CN(C)CCN(Cc1ccccc1)C(=O)CNC(=O)Cc1ccccc1. The van der Waals surface area contributed by atoms with Crippen LogP contribution >= 0.6 is 0 Å². The van der Waals surface area contributed by atoms with Gasteiger partial charge in [-0.25, -0.2) is 0 Å². The number of likely N-dealkylation sites (N-methyl/N-ethyl adjacent to an activating group) is 1. The van der Waals surface area contributed by atoms with Crippen LogP contribution < -0.4 is 5.32 Å². The lowest BCUT2D eigenvalue weighted by molar-refractivity contribution is -0.133. The molecule has 138 valence electrons. The Bertz CT molecular complexity index is 687. The molecule has 0 saturated carbocycles. The van der Waals surface area contributed by atoms with Crippen LogP contribution in [0.4, 0.5) is 0 Å². The smallest absolute Gasteiger partial charge is 0.242 e. The van der Waals surface area contributed by atoms with Crippen LogP contribution in [0.15, 0.2) is 60.7 Å². The molecular weight excluding hydrogens is 326 g/mol. The fourth-order valence-corrected chi connectivity index (χ4v) is 2.55. The van der Waals surface area contributed by atoms with Crippen LogP contribution in [0.25, 0.3) is 0 Å².